The van der Waals surface area contributed by atoms with E-state index in [4.69, 9.17) is 0 Å². The summed E-state index contributed by atoms with van der Waals surface area (Å²) in [6, 6.07) is 15.2. The maximum absolute atomic E-state index is 12.6. The topological polar surface area (TPSA) is 54.9 Å². The fourth-order valence-corrected chi connectivity index (χ4v) is 2.64. The van der Waals surface area contributed by atoms with Gasteiger partial charge in [0.05, 0.1) is 5.69 Å². The van der Waals surface area contributed by atoms with Crippen LogP contribution in [0.25, 0.3) is 0 Å². The number of pyridine rings is 1. The number of hydrogen-bond acceptors (Lipinski definition) is 4. The molecule has 0 radical (unpaired) electrons. The zero-order valence-corrected chi connectivity index (χ0v) is 12.0. The highest BCUT2D eigenvalue weighted by molar-refractivity contribution is 7.13. The van der Waals surface area contributed by atoms with Gasteiger partial charge in [-0.15, -0.1) is 11.3 Å². The summed E-state index contributed by atoms with van der Waals surface area (Å²) in [7, 11) is 0. The molecule has 1 atom stereocenters. The Labute approximate surface area is 126 Å². The Morgan fingerprint density at radius 3 is 2.48 bits per heavy atom. The van der Waals surface area contributed by atoms with E-state index in [1.54, 1.807) is 12.4 Å². The molecule has 0 aliphatic rings. The van der Waals surface area contributed by atoms with Gasteiger partial charge in [0.25, 0.3) is 0 Å². The molecular formula is C16H13N3OS. The molecule has 4 nitrogen and oxygen atoms in total. The predicted octanol–water partition coefficient (Wildman–Crippen LogP) is 3.31. The van der Waals surface area contributed by atoms with Crippen LogP contribution in [0.15, 0.2) is 66.3 Å². The first-order valence-electron chi connectivity index (χ1n) is 6.51. The van der Waals surface area contributed by atoms with E-state index in [0.717, 1.165) is 11.3 Å². The molecule has 1 amide bonds. The molecule has 0 saturated heterocycles. The summed E-state index contributed by atoms with van der Waals surface area (Å²) in [6.07, 6.45) is 3.36. The molecule has 2 heterocycles. The van der Waals surface area contributed by atoms with Crippen LogP contribution in [0.1, 0.15) is 17.2 Å². The third kappa shape index (κ3) is 3.14. The van der Waals surface area contributed by atoms with Crippen LogP contribution in [0.4, 0.5) is 5.13 Å². The van der Waals surface area contributed by atoms with Gasteiger partial charge in [-0.2, -0.15) is 0 Å². The maximum Gasteiger partial charge on any atom is 0.239 e. The summed E-state index contributed by atoms with van der Waals surface area (Å²) < 4.78 is 0. The highest BCUT2D eigenvalue weighted by Crippen LogP contribution is 2.25. The van der Waals surface area contributed by atoms with Gasteiger partial charge in [-0.1, -0.05) is 36.4 Å². The molecule has 0 fully saturated rings. The summed E-state index contributed by atoms with van der Waals surface area (Å²) in [5, 5.41) is 5.27. The van der Waals surface area contributed by atoms with Crippen molar-refractivity contribution in [1.82, 2.24) is 9.97 Å². The summed E-state index contributed by atoms with van der Waals surface area (Å²) in [6.45, 7) is 0. The van der Waals surface area contributed by atoms with E-state index < -0.39 is 5.92 Å². The third-order valence-corrected chi connectivity index (χ3v) is 3.73. The van der Waals surface area contributed by atoms with Crippen molar-refractivity contribution in [3.8, 4) is 0 Å². The second-order valence-corrected chi connectivity index (χ2v) is 5.32. The Morgan fingerprint density at radius 2 is 1.81 bits per heavy atom. The predicted molar refractivity (Wildman–Crippen MR) is 83.3 cm³/mol. The zero-order valence-electron chi connectivity index (χ0n) is 11.1. The van der Waals surface area contributed by atoms with Crippen LogP contribution in [0.2, 0.25) is 0 Å². The van der Waals surface area contributed by atoms with E-state index >= 15 is 0 Å². The van der Waals surface area contributed by atoms with E-state index in [1.165, 1.54) is 11.3 Å². The number of nitrogens with zero attached hydrogens (tertiary/aromatic N) is 2. The van der Waals surface area contributed by atoms with Crippen molar-refractivity contribution >= 4 is 22.4 Å². The molecule has 1 aromatic carbocycles. The first-order valence-corrected chi connectivity index (χ1v) is 7.39. The minimum Gasteiger partial charge on any atom is -0.301 e. The number of rotatable bonds is 4. The van der Waals surface area contributed by atoms with E-state index in [0.29, 0.717) is 5.13 Å². The van der Waals surface area contributed by atoms with Crippen LogP contribution in [-0.4, -0.2) is 15.9 Å². The van der Waals surface area contributed by atoms with Gasteiger partial charge in [-0.3, -0.25) is 9.78 Å². The molecule has 0 spiro atoms. The monoisotopic (exact) mass is 295 g/mol. The van der Waals surface area contributed by atoms with Crippen LogP contribution in [0.5, 0.6) is 0 Å². The van der Waals surface area contributed by atoms with Gasteiger partial charge in [-0.05, 0) is 17.7 Å². The van der Waals surface area contributed by atoms with Gasteiger partial charge in [0.15, 0.2) is 5.13 Å². The van der Waals surface area contributed by atoms with Crippen LogP contribution in [0.3, 0.4) is 0 Å². The minimum atomic E-state index is -0.448. The molecule has 0 aliphatic heterocycles. The van der Waals surface area contributed by atoms with E-state index in [-0.39, 0.29) is 5.91 Å². The van der Waals surface area contributed by atoms with Crippen molar-refractivity contribution in [2.75, 3.05) is 5.32 Å². The first-order chi connectivity index (χ1) is 10.3. The van der Waals surface area contributed by atoms with E-state index in [9.17, 15) is 4.79 Å². The number of amides is 1. The van der Waals surface area contributed by atoms with Gasteiger partial charge < -0.3 is 5.32 Å². The molecule has 104 valence electrons. The van der Waals surface area contributed by atoms with E-state index in [1.807, 2.05) is 53.9 Å². The second kappa shape index (κ2) is 6.28. The fraction of sp³-hybridized carbons (Fsp3) is 0.0625. The molecule has 0 bridgehead atoms. The average Bonchev–Trinajstić information content (AvgIpc) is 3.02. The van der Waals surface area contributed by atoms with Crippen LogP contribution in [0, 0.1) is 0 Å². The number of benzene rings is 1. The van der Waals surface area contributed by atoms with Crippen LogP contribution < -0.4 is 5.32 Å². The maximum atomic E-state index is 12.6. The molecule has 0 aliphatic carbocycles. The number of anilines is 1. The standard InChI is InChI=1S/C16H13N3OS/c20-15(19-16-18-10-11-21-16)14(12-6-2-1-3-7-12)13-8-4-5-9-17-13/h1-11,14H,(H,18,19,20). The molecule has 3 aromatic rings. The summed E-state index contributed by atoms with van der Waals surface area (Å²) in [4.78, 5) is 21.0. The Bertz CT molecular complexity index is 659. The molecule has 0 saturated carbocycles. The van der Waals surface area contributed by atoms with Crippen molar-refractivity contribution in [1.29, 1.82) is 0 Å². The second-order valence-electron chi connectivity index (χ2n) is 4.42. The summed E-state index contributed by atoms with van der Waals surface area (Å²) >= 11 is 1.40. The minimum absolute atomic E-state index is 0.130. The number of hydrogen-bond donors (Lipinski definition) is 1. The summed E-state index contributed by atoms with van der Waals surface area (Å²) in [5.41, 5.74) is 1.63. The number of aromatic nitrogens is 2. The number of carbonyl (C=O) groups excluding carboxylic acids is 1. The van der Waals surface area contributed by atoms with Crippen molar-refractivity contribution in [3.05, 3.63) is 77.6 Å². The lowest BCUT2D eigenvalue weighted by Crippen LogP contribution is -2.22. The lowest BCUT2D eigenvalue weighted by molar-refractivity contribution is -0.116. The quantitative estimate of drug-likeness (QED) is 0.803. The highest BCUT2D eigenvalue weighted by Gasteiger charge is 2.24. The van der Waals surface area contributed by atoms with Crippen LogP contribution >= 0.6 is 11.3 Å². The van der Waals surface area contributed by atoms with Gasteiger partial charge in [0.1, 0.15) is 5.92 Å². The lowest BCUT2D eigenvalue weighted by Gasteiger charge is -2.15. The normalized spacial score (nSPS) is 11.8. The van der Waals surface area contributed by atoms with Crippen molar-refractivity contribution in [3.63, 3.8) is 0 Å². The Kier molecular flexibility index (Phi) is 4.02. The van der Waals surface area contributed by atoms with Crippen molar-refractivity contribution in [2.24, 2.45) is 0 Å². The Balaban J connectivity index is 1.95. The first kappa shape index (κ1) is 13.5. The summed E-state index contributed by atoms with van der Waals surface area (Å²) in [5.74, 6) is -0.578. The number of carbonyl (C=O) groups is 1. The zero-order chi connectivity index (χ0) is 14.5. The molecule has 2 aromatic heterocycles. The van der Waals surface area contributed by atoms with Gasteiger partial charge >= 0.3 is 0 Å². The van der Waals surface area contributed by atoms with Gasteiger partial charge in [-0.25, -0.2) is 4.98 Å². The molecule has 5 heteroatoms. The molecular weight excluding hydrogens is 282 g/mol. The SMILES string of the molecule is O=C(Nc1nccs1)C(c1ccccc1)c1ccccn1. The van der Waals surface area contributed by atoms with E-state index in [2.05, 4.69) is 15.3 Å². The third-order valence-electron chi connectivity index (χ3n) is 3.04. The largest absolute Gasteiger partial charge is 0.301 e. The number of nitrogens with one attached hydrogen (secondary N) is 1. The van der Waals surface area contributed by atoms with Crippen molar-refractivity contribution in [2.45, 2.75) is 5.92 Å². The number of thiazole rings is 1. The van der Waals surface area contributed by atoms with Crippen molar-refractivity contribution < 1.29 is 4.79 Å². The van der Waals surface area contributed by atoms with Gasteiger partial charge in [0.2, 0.25) is 5.91 Å². The fourth-order valence-electron chi connectivity index (χ4n) is 2.11. The molecule has 3 rings (SSSR count). The molecule has 21 heavy (non-hydrogen) atoms. The average molecular weight is 295 g/mol. The Morgan fingerprint density at radius 1 is 1.00 bits per heavy atom. The Hall–Kier alpha value is -2.53. The molecule has 1 unspecified atom stereocenters. The van der Waals surface area contributed by atoms with Gasteiger partial charge in [0, 0.05) is 17.8 Å². The van der Waals surface area contributed by atoms with Crippen LogP contribution in [-0.2, 0) is 4.79 Å². The molecule has 1 N–H and O–H groups in total. The highest BCUT2D eigenvalue weighted by atomic mass is 32.1. The lowest BCUT2D eigenvalue weighted by atomic mass is 9.94. The smallest absolute Gasteiger partial charge is 0.239 e.